The monoisotopic (exact) mass is 411 g/mol. The molecule has 0 saturated heterocycles. The Labute approximate surface area is 182 Å². The smallest absolute Gasteiger partial charge is 0.227 e. The van der Waals surface area contributed by atoms with Gasteiger partial charge in [-0.2, -0.15) is 4.98 Å². The van der Waals surface area contributed by atoms with Crippen molar-refractivity contribution in [3.8, 4) is 11.4 Å². The van der Waals surface area contributed by atoms with E-state index in [0.29, 0.717) is 37.6 Å². The summed E-state index contributed by atoms with van der Waals surface area (Å²) in [5, 5.41) is 4.04. The first-order chi connectivity index (χ1) is 15.3. The lowest BCUT2D eigenvalue weighted by molar-refractivity contribution is -0.131. The Morgan fingerprint density at radius 2 is 1.39 bits per heavy atom. The fraction of sp³-hybridized carbons (Fsp3) is 0.192. The lowest BCUT2D eigenvalue weighted by atomic mass is 10.1. The van der Waals surface area contributed by atoms with Crippen LogP contribution in [0.15, 0.2) is 95.5 Å². The van der Waals surface area contributed by atoms with Crippen molar-refractivity contribution in [2.75, 3.05) is 6.54 Å². The third kappa shape index (κ3) is 5.89. The van der Waals surface area contributed by atoms with Crippen molar-refractivity contribution in [2.45, 2.75) is 25.8 Å². The van der Waals surface area contributed by atoms with E-state index in [1.807, 2.05) is 83.8 Å². The summed E-state index contributed by atoms with van der Waals surface area (Å²) in [7, 11) is 0. The van der Waals surface area contributed by atoms with E-state index in [1.165, 1.54) is 5.56 Å². The van der Waals surface area contributed by atoms with Gasteiger partial charge in [0.15, 0.2) is 0 Å². The maximum Gasteiger partial charge on any atom is 0.227 e. The van der Waals surface area contributed by atoms with Crippen molar-refractivity contribution in [2.24, 2.45) is 0 Å². The standard InChI is InChI=1S/C26H25N3O2/c30-25(17-16-24-27-26(28-31-24)23-14-8-3-9-15-23)29(20-22-12-6-2-7-13-22)19-18-21-10-4-1-5-11-21/h1-15H,16-20H2. The molecule has 0 N–H and O–H groups in total. The molecule has 0 fully saturated rings. The minimum atomic E-state index is 0.0826. The highest BCUT2D eigenvalue weighted by atomic mass is 16.5. The van der Waals surface area contributed by atoms with Crippen molar-refractivity contribution < 1.29 is 9.32 Å². The molecule has 1 heterocycles. The van der Waals surface area contributed by atoms with Gasteiger partial charge in [0.2, 0.25) is 17.6 Å². The van der Waals surface area contributed by atoms with Gasteiger partial charge >= 0.3 is 0 Å². The molecule has 31 heavy (non-hydrogen) atoms. The minimum Gasteiger partial charge on any atom is -0.339 e. The molecule has 0 unspecified atom stereocenters. The van der Waals surface area contributed by atoms with E-state index in [1.54, 1.807) is 0 Å². The van der Waals surface area contributed by atoms with Crippen LogP contribution in [0.5, 0.6) is 0 Å². The van der Waals surface area contributed by atoms with Crippen LogP contribution >= 0.6 is 0 Å². The van der Waals surface area contributed by atoms with Crippen molar-refractivity contribution in [1.82, 2.24) is 15.0 Å². The number of hydrogen-bond donors (Lipinski definition) is 0. The van der Waals surface area contributed by atoms with Gasteiger partial charge in [-0.05, 0) is 17.5 Å². The quantitative estimate of drug-likeness (QED) is 0.391. The average molecular weight is 412 g/mol. The predicted molar refractivity (Wildman–Crippen MR) is 120 cm³/mol. The summed E-state index contributed by atoms with van der Waals surface area (Å²) >= 11 is 0. The maximum absolute atomic E-state index is 13.1. The van der Waals surface area contributed by atoms with E-state index in [2.05, 4.69) is 22.3 Å². The molecule has 4 rings (SSSR count). The lowest BCUT2D eigenvalue weighted by Crippen LogP contribution is -2.32. The second-order valence-electron chi connectivity index (χ2n) is 7.41. The van der Waals surface area contributed by atoms with Crippen LogP contribution < -0.4 is 0 Å². The molecule has 156 valence electrons. The summed E-state index contributed by atoms with van der Waals surface area (Å²) in [5.74, 6) is 1.11. The zero-order valence-corrected chi connectivity index (χ0v) is 17.4. The first kappa shape index (κ1) is 20.5. The van der Waals surface area contributed by atoms with Gasteiger partial charge in [-0.1, -0.05) is 96.2 Å². The number of hydrogen-bond acceptors (Lipinski definition) is 4. The van der Waals surface area contributed by atoms with Crippen molar-refractivity contribution >= 4 is 5.91 Å². The number of aryl methyl sites for hydroxylation is 1. The molecule has 5 heteroatoms. The Hall–Kier alpha value is -3.73. The van der Waals surface area contributed by atoms with E-state index < -0.39 is 0 Å². The molecule has 3 aromatic carbocycles. The zero-order valence-electron chi connectivity index (χ0n) is 17.4. The van der Waals surface area contributed by atoms with Gasteiger partial charge in [0.25, 0.3) is 0 Å². The largest absolute Gasteiger partial charge is 0.339 e. The van der Waals surface area contributed by atoms with Gasteiger partial charge in [0, 0.05) is 31.5 Å². The number of amides is 1. The number of benzene rings is 3. The van der Waals surface area contributed by atoms with Crippen LogP contribution in [0.3, 0.4) is 0 Å². The van der Waals surface area contributed by atoms with Gasteiger partial charge in [-0.25, -0.2) is 0 Å². The highest BCUT2D eigenvalue weighted by molar-refractivity contribution is 5.76. The molecule has 0 saturated carbocycles. The summed E-state index contributed by atoms with van der Waals surface area (Å²) in [6.07, 6.45) is 1.57. The summed E-state index contributed by atoms with van der Waals surface area (Å²) in [6, 6.07) is 30.0. The van der Waals surface area contributed by atoms with E-state index in [9.17, 15) is 4.79 Å². The molecule has 5 nitrogen and oxygen atoms in total. The van der Waals surface area contributed by atoms with Crippen LogP contribution in [0.1, 0.15) is 23.4 Å². The molecule has 1 aromatic heterocycles. The molecule has 0 atom stereocenters. The van der Waals surface area contributed by atoms with Gasteiger partial charge < -0.3 is 9.42 Å². The summed E-state index contributed by atoms with van der Waals surface area (Å²) < 4.78 is 5.36. The zero-order chi connectivity index (χ0) is 21.3. The van der Waals surface area contributed by atoms with Crippen molar-refractivity contribution in [3.63, 3.8) is 0 Å². The Bertz CT molecular complexity index is 1080. The van der Waals surface area contributed by atoms with E-state index in [4.69, 9.17) is 4.52 Å². The fourth-order valence-electron chi connectivity index (χ4n) is 3.44. The normalized spacial score (nSPS) is 10.7. The lowest BCUT2D eigenvalue weighted by Gasteiger charge is -2.23. The Balaban J connectivity index is 1.39. The molecular formula is C26H25N3O2. The molecule has 0 aliphatic carbocycles. The minimum absolute atomic E-state index is 0.0826. The number of carbonyl (C=O) groups excluding carboxylic acids is 1. The summed E-state index contributed by atoms with van der Waals surface area (Å²) in [5.41, 5.74) is 3.24. The molecule has 0 aliphatic heterocycles. The van der Waals surface area contributed by atoms with Crippen LogP contribution in [0.4, 0.5) is 0 Å². The third-order valence-corrected chi connectivity index (χ3v) is 5.13. The molecule has 1 amide bonds. The Kier molecular flexibility index (Phi) is 6.85. The van der Waals surface area contributed by atoms with Crippen LogP contribution in [0.2, 0.25) is 0 Å². The highest BCUT2D eigenvalue weighted by Gasteiger charge is 2.16. The molecule has 0 bridgehead atoms. The van der Waals surface area contributed by atoms with Crippen molar-refractivity contribution in [1.29, 1.82) is 0 Å². The molecule has 0 aliphatic rings. The number of carbonyl (C=O) groups is 1. The number of aromatic nitrogens is 2. The van der Waals surface area contributed by atoms with Gasteiger partial charge in [-0.15, -0.1) is 0 Å². The van der Waals surface area contributed by atoms with E-state index >= 15 is 0 Å². The van der Waals surface area contributed by atoms with Gasteiger partial charge in [0.05, 0.1) is 0 Å². The van der Waals surface area contributed by atoms with Crippen LogP contribution in [-0.2, 0) is 24.2 Å². The molecule has 0 spiro atoms. The average Bonchev–Trinajstić information content (AvgIpc) is 3.31. The van der Waals surface area contributed by atoms with Crippen molar-refractivity contribution in [3.05, 3.63) is 108 Å². The van der Waals surface area contributed by atoms with E-state index in [0.717, 1.165) is 17.5 Å². The highest BCUT2D eigenvalue weighted by Crippen LogP contribution is 2.16. The number of nitrogens with zero attached hydrogens (tertiary/aromatic N) is 3. The first-order valence-corrected chi connectivity index (χ1v) is 10.5. The fourth-order valence-corrected chi connectivity index (χ4v) is 3.44. The van der Waals surface area contributed by atoms with E-state index in [-0.39, 0.29) is 5.91 Å². The second-order valence-corrected chi connectivity index (χ2v) is 7.41. The summed E-state index contributed by atoms with van der Waals surface area (Å²) in [4.78, 5) is 19.4. The SMILES string of the molecule is O=C(CCc1nc(-c2ccccc2)no1)N(CCc1ccccc1)Cc1ccccc1. The Morgan fingerprint density at radius 1 is 0.774 bits per heavy atom. The Morgan fingerprint density at radius 3 is 2.06 bits per heavy atom. The van der Waals surface area contributed by atoms with Gasteiger partial charge in [-0.3, -0.25) is 4.79 Å². The topological polar surface area (TPSA) is 59.2 Å². The van der Waals surface area contributed by atoms with Crippen LogP contribution in [0, 0.1) is 0 Å². The predicted octanol–water partition coefficient (Wildman–Crippen LogP) is 4.94. The first-order valence-electron chi connectivity index (χ1n) is 10.5. The van der Waals surface area contributed by atoms with Crippen LogP contribution in [-0.4, -0.2) is 27.5 Å². The summed E-state index contributed by atoms with van der Waals surface area (Å²) in [6.45, 7) is 1.25. The molecular weight excluding hydrogens is 386 g/mol. The third-order valence-electron chi connectivity index (χ3n) is 5.13. The van der Waals surface area contributed by atoms with Crippen LogP contribution in [0.25, 0.3) is 11.4 Å². The second kappa shape index (κ2) is 10.3. The van der Waals surface area contributed by atoms with Gasteiger partial charge in [0.1, 0.15) is 0 Å². The maximum atomic E-state index is 13.1. The molecule has 4 aromatic rings. The number of rotatable bonds is 9. The molecule has 0 radical (unpaired) electrons.